The van der Waals surface area contributed by atoms with Crippen LogP contribution in [0.25, 0.3) is 0 Å². The third kappa shape index (κ3) is 1.99. The minimum Gasteiger partial charge on any atom is -0.468 e. The molecule has 0 heterocycles. The van der Waals surface area contributed by atoms with Gasteiger partial charge >= 0.3 is 5.97 Å². The number of carbonyl (C=O) groups excluding carboxylic acids is 1. The molecular formula is C7H15NO2. The van der Waals surface area contributed by atoms with Gasteiger partial charge in [0.2, 0.25) is 0 Å². The lowest BCUT2D eigenvalue weighted by molar-refractivity contribution is -0.143. The van der Waals surface area contributed by atoms with E-state index in [1.54, 1.807) is 0 Å². The van der Waals surface area contributed by atoms with Crippen molar-refractivity contribution in [2.75, 3.05) is 7.11 Å². The molecular weight excluding hydrogens is 130 g/mol. The van der Waals surface area contributed by atoms with Crippen molar-refractivity contribution in [1.29, 1.82) is 0 Å². The molecule has 0 spiro atoms. The molecule has 1 rings (SSSR count). The fourth-order valence-electron chi connectivity index (χ4n) is 0.542. The zero-order chi connectivity index (χ0) is 8.20. The molecule has 1 aliphatic carbocycles. The first-order valence-electron chi connectivity index (χ1n) is 3.56. The number of carbonyl (C=O) groups is 1. The summed E-state index contributed by atoms with van der Waals surface area (Å²) in [5.41, 5.74) is 4.82. The number of nitrogens with two attached hydrogens (primary N) is 1. The quantitative estimate of drug-likeness (QED) is 0.552. The van der Waals surface area contributed by atoms with Crippen LogP contribution in [0.15, 0.2) is 0 Å². The molecule has 0 bridgehead atoms. The third-order valence-corrected chi connectivity index (χ3v) is 1.38. The lowest BCUT2D eigenvalue weighted by atomic mass is 10.3. The van der Waals surface area contributed by atoms with Gasteiger partial charge in [0.1, 0.15) is 5.54 Å². The predicted octanol–water partition coefficient (Wildman–Crippen LogP) is 0.677. The van der Waals surface area contributed by atoms with Crippen LogP contribution in [-0.2, 0) is 9.53 Å². The molecule has 0 aliphatic heterocycles. The Kier molecular flexibility index (Phi) is 3.36. The number of ether oxygens (including phenoxy) is 1. The Balaban J connectivity index is 0.000000371. The highest BCUT2D eigenvalue weighted by Crippen LogP contribution is 2.32. The number of hydrogen-bond acceptors (Lipinski definition) is 3. The highest BCUT2D eigenvalue weighted by atomic mass is 16.5. The molecule has 0 atom stereocenters. The van der Waals surface area contributed by atoms with E-state index in [-0.39, 0.29) is 5.97 Å². The summed E-state index contributed by atoms with van der Waals surface area (Å²) < 4.78 is 4.41. The number of rotatable bonds is 1. The van der Waals surface area contributed by atoms with Gasteiger partial charge in [0.15, 0.2) is 0 Å². The van der Waals surface area contributed by atoms with Crippen LogP contribution in [0, 0.1) is 0 Å². The summed E-state index contributed by atoms with van der Waals surface area (Å²) in [5, 5.41) is 0. The van der Waals surface area contributed by atoms with Crippen LogP contribution in [0.2, 0.25) is 0 Å². The first kappa shape index (κ1) is 9.43. The Morgan fingerprint density at radius 2 is 1.90 bits per heavy atom. The summed E-state index contributed by atoms with van der Waals surface area (Å²) in [5.74, 6) is -0.280. The van der Waals surface area contributed by atoms with E-state index in [0.717, 1.165) is 12.8 Å². The highest BCUT2D eigenvalue weighted by molar-refractivity contribution is 5.83. The molecule has 2 N–H and O–H groups in total. The van der Waals surface area contributed by atoms with Crippen molar-refractivity contribution in [2.24, 2.45) is 5.73 Å². The van der Waals surface area contributed by atoms with Crippen molar-refractivity contribution in [2.45, 2.75) is 32.2 Å². The molecule has 10 heavy (non-hydrogen) atoms. The fourth-order valence-corrected chi connectivity index (χ4v) is 0.542. The minimum atomic E-state index is -0.602. The van der Waals surface area contributed by atoms with E-state index >= 15 is 0 Å². The lowest BCUT2D eigenvalue weighted by Gasteiger charge is -2.02. The first-order chi connectivity index (χ1) is 4.69. The van der Waals surface area contributed by atoms with Crippen LogP contribution in [0.3, 0.4) is 0 Å². The topological polar surface area (TPSA) is 52.3 Å². The van der Waals surface area contributed by atoms with Gasteiger partial charge < -0.3 is 10.5 Å². The van der Waals surface area contributed by atoms with E-state index in [4.69, 9.17) is 5.73 Å². The molecule has 60 valence electrons. The van der Waals surface area contributed by atoms with Gasteiger partial charge in [-0.15, -0.1) is 0 Å². The normalized spacial score (nSPS) is 18.4. The molecule has 0 radical (unpaired) electrons. The zero-order valence-electron chi connectivity index (χ0n) is 6.81. The summed E-state index contributed by atoms with van der Waals surface area (Å²) in [6, 6.07) is 0. The zero-order valence-corrected chi connectivity index (χ0v) is 6.81. The van der Waals surface area contributed by atoms with Crippen LogP contribution in [0.5, 0.6) is 0 Å². The Labute approximate surface area is 61.5 Å². The monoisotopic (exact) mass is 145 g/mol. The number of hydrogen-bond donors (Lipinski definition) is 1. The van der Waals surface area contributed by atoms with Gasteiger partial charge in [-0.05, 0) is 12.8 Å². The van der Waals surface area contributed by atoms with Gasteiger partial charge in [-0.3, -0.25) is 4.79 Å². The van der Waals surface area contributed by atoms with Crippen LogP contribution < -0.4 is 5.73 Å². The maximum Gasteiger partial charge on any atom is 0.325 e. The maximum absolute atomic E-state index is 10.5. The second kappa shape index (κ2) is 3.56. The van der Waals surface area contributed by atoms with E-state index in [0.29, 0.717) is 0 Å². The first-order valence-corrected chi connectivity index (χ1v) is 3.56. The van der Waals surface area contributed by atoms with E-state index < -0.39 is 5.54 Å². The molecule has 1 aliphatic rings. The third-order valence-electron chi connectivity index (χ3n) is 1.38. The summed E-state index contributed by atoms with van der Waals surface area (Å²) in [7, 11) is 1.36. The molecule has 3 nitrogen and oxygen atoms in total. The van der Waals surface area contributed by atoms with E-state index in [2.05, 4.69) is 4.74 Å². The van der Waals surface area contributed by atoms with E-state index in [1.165, 1.54) is 7.11 Å². The van der Waals surface area contributed by atoms with E-state index in [9.17, 15) is 4.79 Å². The summed E-state index contributed by atoms with van der Waals surface area (Å²) in [4.78, 5) is 10.5. The molecule has 0 aromatic heterocycles. The SMILES string of the molecule is CC.COC(=O)C1(N)CC1. The van der Waals surface area contributed by atoms with Crippen LogP contribution in [-0.4, -0.2) is 18.6 Å². The fraction of sp³-hybridized carbons (Fsp3) is 0.857. The van der Waals surface area contributed by atoms with Crippen molar-refractivity contribution in [3.63, 3.8) is 0 Å². The average Bonchev–Trinajstić information content (AvgIpc) is 2.72. The predicted molar refractivity (Wildman–Crippen MR) is 39.5 cm³/mol. The van der Waals surface area contributed by atoms with Crippen molar-refractivity contribution >= 4 is 5.97 Å². The Morgan fingerprint density at radius 3 is 2.00 bits per heavy atom. The van der Waals surface area contributed by atoms with E-state index in [1.807, 2.05) is 13.8 Å². The smallest absolute Gasteiger partial charge is 0.325 e. The van der Waals surface area contributed by atoms with Gasteiger partial charge in [0, 0.05) is 0 Å². The minimum absolute atomic E-state index is 0.280. The molecule has 3 heteroatoms. The second-order valence-corrected chi connectivity index (χ2v) is 2.15. The summed E-state index contributed by atoms with van der Waals surface area (Å²) in [6.07, 6.45) is 1.55. The van der Waals surface area contributed by atoms with Crippen molar-refractivity contribution < 1.29 is 9.53 Å². The summed E-state index contributed by atoms with van der Waals surface area (Å²) in [6.45, 7) is 4.00. The average molecular weight is 145 g/mol. The highest BCUT2D eigenvalue weighted by Gasteiger charge is 2.47. The standard InChI is InChI=1S/C5H9NO2.C2H6/c1-8-4(7)5(6)2-3-5;1-2/h2-3,6H2,1H3;1-2H3. The molecule has 1 saturated carbocycles. The molecule has 0 aromatic carbocycles. The Morgan fingerprint density at radius 1 is 1.50 bits per heavy atom. The number of methoxy groups -OCH3 is 1. The van der Waals surface area contributed by atoms with Crippen LogP contribution in [0.1, 0.15) is 26.7 Å². The van der Waals surface area contributed by atoms with Crippen LogP contribution in [0.4, 0.5) is 0 Å². The lowest BCUT2D eigenvalue weighted by Crippen LogP contribution is -2.33. The van der Waals surface area contributed by atoms with Crippen molar-refractivity contribution in [3.05, 3.63) is 0 Å². The Bertz CT molecular complexity index is 119. The Hall–Kier alpha value is -0.570. The molecule has 0 unspecified atom stereocenters. The molecule has 0 aromatic rings. The van der Waals surface area contributed by atoms with Crippen LogP contribution >= 0.6 is 0 Å². The van der Waals surface area contributed by atoms with Gasteiger partial charge in [0.25, 0.3) is 0 Å². The van der Waals surface area contributed by atoms with Crippen molar-refractivity contribution in [3.8, 4) is 0 Å². The van der Waals surface area contributed by atoms with Gasteiger partial charge in [-0.1, -0.05) is 13.8 Å². The summed E-state index contributed by atoms with van der Waals surface area (Å²) >= 11 is 0. The molecule has 0 amide bonds. The number of esters is 1. The second-order valence-electron chi connectivity index (χ2n) is 2.15. The van der Waals surface area contributed by atoms with Crippen molar-refractivity contribution in [1.82, 2.24) is 0 Å². The van der Waals surface area contributed by atoms with Gasteiger partial charge in [0.05, 0.1) is 7.11 Å². The maximum atomic E-state index is 10.5. The van der Waals surface area contributed by atoms with Gasteiger partial charge in [-0.2, -0.15) is 0 Å². The van der Waals surface area contributed by atoms with Gasteiger partial charge in [-0.25, -0.2) is 0 Å². The molecule has 0 saturated heterocycles. The largest absolute Gasteiger partial charge is 0.468 e. The molecule has 1 fully saturated rings.